The van der Waals surface area contributed by atoms with E-state index in [1.807, 2.05) is 0 Å². The molecule has 0 spiro atoms. The fourth-order valence-electron chi connectivity index (χ4n) is 2.89. The number of nitrogens with one attached hydrogen (secondary N) is 1. The van der Waals surface area contributed by atoms with Gasteiger partial charge in [0.1, 0.15) is 17.9 Å². The van der Waals surface area contributed by atoms with Gasteiger partial charge in [0.05, 0.1) is 5.56 Å². The Labute approximate surface area is 139 Å². The van der Waals surface area contributed by atoms with Crippen molar-refractivity contribution >= 4 is 17.7 Å². The topological polar surface area (TPSA) is 99.5 Å². The number of carbonyl (C=O) groups excluding carboxylic acids is 3. The SMILES string of the molecule is N#Cc1cc2c(cc1OC(F)(F)F)CN(C1CCC(=O)NC1=O)C2=O. The van der Waals surface area contributed by atoms with E-state index in [1.54, 1.807) is 6.07 Å². The van der Waals surface area contributed by atoms with Gasteiger partial charge in [0.25, 0.3) is 5.91 Å². The molecule has 10 heteroatoms. The lowest BCUT2D eigenvalue weighted by molar-refractivity contribution is -0.274. The van der Waals surface area contributed by atoms with Crippen molar-refractivity contribution in [2.75, 3.05) is 0 Å². The minimum absolute atomic E-state index is 0.0378. The van der Waals surface area contributed by atoms with E-state index in [2.05, 4.69) is 10.1 Å². The van der Waals surface area contributed by atoms with Gasteiger partial charge in [-0.15, -0.1) is 13.2 Å². The molecule has 0 saturated carbocycles. The van der Waals surface area contributed by atoms with E-state index in [1.165, 1.54) is 4.90 Å². The molecular weight excluding hydrogens is 343 g/mol. The second-order valence-corrected chi connectivity index (χ2v) is 5.57. The number of benzene rings is 1. The van der Waals surface area contributed by atoms with Gasteiger partial charge >= 0.3 is 6.36 Å². The van der Waals surface area contributed by atoms with Crippen molar-refractivity contribution in [1.82, 2.24) is 10.2 Å². The predicted molar refractivity (Wildman–Crippen MR) is 73.9 cm³/mol. The van der Waals surface area contributed by atoms with Gasteiger partial charge in [-0.3, -0.25) is 19.7 Å². The Morgan fingerprint density at radius 2 is 2.00 bits per heavy atom. The largest absolute Gasteiger partial charge is 0.573 e. The molecule has 1 aromatic rings. The number of halogens is 3. The van der Waals surface area contributed by atoms with E-state index in [9.17, 15) is 27.6 Å². The number of carbonyl (C=O) groups is 3. The molecule has 1 atom stereocenters. The fourth-order valence-corrected chi connectivity index (χ4v) is 2.89. The zero-order chi connectivity index (χ0) is 18.4. The molecule has 1 fully saturated rings. The molecule has 0 aromatic heterocycles. The smallest absolute Gasteiger partial charge is 0.404 e. The van der Waals surface area contributed by atoms with E-state index in [0.717, 1.165) is 12.1 Å². The summed E-state index contributed by atoms with van der Waals surface area (Å²) in [5, 5.41) is 11.1. The minimum Gasteiger partial charge on any atom is -0.404 e. The third-order valence-corrected chi connectivity index (χ3v) is 3.97. The summed E-state index contributed by atoms with van der Waals surface area (Å²) in [6.07, 6.45) is -4.80. The molecule has 0 bridgehead atoms. The highest BCUT2D eigenvalue weighted by Gasteiger charge is 2.40. The van der Waals surface area contributed by atoms with Crippen LogP contribution in [0.1, 0.15) is 34.3 Å². The van der Waals surface area contributed by atoms with Crippen LogP contribution in [0.5, 0.6) is 5.75 Å². The summed E-state index contributed by atoms with van der Waals surface area (Å²) in [6.45, 7) is -0.111. The molecule has 0 aliphatic carbocycles. The van der Waals surface area contributed by atoms with Gasteiger partial charge in [0.15, 0.2) is 0 Å². The maximum atomic E-state index is 12.5. The second-order valence-electron chi connectivity index (χ2n) is 5.57. The van der Waals surface area contributed by atoms with Crippen molar-refractivity contribution in [3.8, 4) is 11.8 Å². The average molecular weight is 353 g/mol. The molecule has 130 valence electrons. The maximum absolute atomic E-state index is 12.5. The summed E-state index contributed by atoms with van der Waals surface area (Å²) in [5.41, 5.74) is -0.182. The van der Waals surface area contributed by atoms with Crippen molar-refractivity contribution in [1.29, 1.82) is 5.26 Å². The van der Waals surface area contributed by atoms with E-state index >= 15 is 0 Å². The number of amides is 3. The van der Waals surface area contributed by atoms with Gasteiger partial charge in [-0.1, -0.05) is 0 Å². The van der Waals surface area contributed by atoms with Crippen molar-refractivity contribution in [3.63, 3.8) is 0 Å². The van der Waals surface area contributed by atoms with E-state index in [0.29, 0.717) is 0 Å². The lowest BCUT2D eigenvalue weighted by atomic mass is 10.0. The molecule has 0 radical (unpaired) electrons. The Kier molecular flexibility index (Phi) is 3.87. The van der Waals surface area contributed by atoms with Crippen molar-refractivity contribution < 1.29 is 32.3 Å². The number of piperidine rings is 1. The van der Waals surface area contributed by atoms with Crippen LogP contribution in [0.2, 0.25) is 0 Å². The van der Waals surface area contributed by atoms with Gasteiger partial charge in [0.2, 0.25) is 11.8 Å². The molecule has 2 aliphatic rings. The number of nitrogens with zero attached hydrogens (tertiary/aromatic N) is 2. The third-order valence-electron chi connectivity index (χ3n) is 3.97. The number of nitriles is 1. The Hall–Kier alpha value is -3.09. The van der Waals surface area contributed by atoms with Gasteiger partial charge in [-0.2, -0.15) is 5.26 Å². The highest BCUT2D eigenvalue weighted by atomic mass is 19.4. The Balaban J connectivity index is 1.92. The first-order valence-electron chi connectivity index (χ1n) is 7.17. The summed E-state index contributed by atoms with van der Waals surface area (Å²) in [7, 11) is 0. The van der Waals surface area contributed by atoms with Crippen molar-refractivity contribution in [3.05, 3.63) is 28.8 Å². The van der Waals surface area contributed by atoms with Gasteiger partial charge in [0, 0.05) is 18.5 Å². The first kappa shape index (κ1) is 16.8. The standard InChI is InChI=1S/C15H10F3N3O4/c16-15(17,18)25-11-4-8-6-21(10-1-2-12(22)20-13(10)23)14(24)9(8)3-7(11)5-19/h3-4,10H,1-2,6H2,(H,20,22,23). The lowest BCUT2D eigenvalue weighted by Gasteiger charge is -2.29. The molecule has 2 heterocycles. The monoisotopic (exact) mass is 353 g/mol. The van der Waals surface area contributed by atoms with Crippen LogP contribution in [-0.4, -0.2) is 35.0 Å². The zero-order valence-corrected chi connectivity index (χ0v) is 12.5. The van der Waals surface area contributed by atoms with E-state index < -0.39 is 41.4 Å². The molecule has 1 aromatic carbocycles. The normalized spacial score (nSPS) is 20.2. The third kappa shape index (κ3) is 3.13. The number of hydrogen-bond acceptors (Lipinski definition) is 5. The number of imide groups is 1. The predicted octanol–water partition coefficient (Wildman–Crippen LogP) is 1.22. The zero-order valence-electron chi connectivity index (χ0n) is 12.5. The minimum atomic E-state index is -4.98. The van der Waals surface area contributed by atoms with Gasteiger partial charge in [-0.05, 0) is 24.1 Å². The highest BCUT2D eigenvalue weighted by Crippen LogP contribution is 2.34. The molecule has 25 heavy (non-hydrogen) atoms. The Morgan fingerprint density at radius 3 is 2.60 bits per heavy atom. The average Bonchev–Trinajstić information content (AvgIpc) is 2.81. The number of ether oxygens (including phenoxy) is 1. The number of fused-ring (bicyclic) bond motifs is 1. The quantitative estimate of drug-likeness (QED) is 0.806. The first-order valence-corrected chi connectivity index (χ1v) is 7.17. The molecule has 1 unspecified atom stereocenters. The Morgan fingerprint density at radius 1 is 1.28 bits per heavy atom. The van der Waals surface area contributed by atoms with Crippen molar-refractivity contribution in [2.24, 2.45) is 0 Å². The molecule has 1 N–H and O–H groups in total. The molecule has 7 nitrogen and oxygen atoms in total. The molecular formula is C15H10F3N3O4. The molecule has 2 aliphatic heterocycles. The number of hydrogen-bond donors (Lipinski definition) is 1. The van der Waals surface area contributed by atoms with Crippen LogP contribution in [0.3, 0.4) is 0 Å². The van der Waals surface area contributed by atoms with E-state index in [-0.39, 0.29) is 30.5 Å². The maximum Gasteiger partial charge on any atom is 0.573 e. The number of rotatable bonds is 2. The summed E-state index contributed by atoms with van der Waals surface area (Å²) in [5.74, 6) is -2.37. The molecule has 3 amide bonds. The van der Waals surface area contributed by atoms with Crippen molar-refractivity contribution in [2.45, 2.75) is 31.8 Å². The number of alkyl halides is 3. The highest BCUT2D eigenvalue weighted by molar-refractivity contribution is 6.05. The summed E-state index contributed by atoms with van der Waals surface area (Å²) in [6, 6.07) is 2.66. The molecule has 1 saturated heterocycles. The van der Waals surface area contributed by atoms with E-state index in [4.69, 9.17) is 5.26 Å². The van der Waals surface area contributed by atoms with Gasteiger partial charge in [-0.25, -0.2) is 0 Å². The lowest BCUT2D eigenvalue weighted by Crippen LogP contribution is -2.52. The van der Waals surface area contributed by atoms with Crippen LogP contribution in [-0.2, 0) is 16.1 Å². The summed E-state index contributed by atoms with van der Waals surface area (Å²) < 4.78 is 41.2. The van der Waals surface area contributed by atoms with Crippen LogP contribution in [0.25, 0.3) is 0 Å². The fraction of sp³-hybridized carbons (Fsp3) is 0.333. The van der Waals surface area contributed by atoms with Crippen LogP contribution in [0, 0.1) is 11.3 Å². The summed E-state index contributed by atoms with van der Waals surface area (Å²) in [4.78, 5) is 36.8. The van der Waals surface area contributed by atoms with Crippen LogP contribution in [0.15, 0.2) is 12.1 Å². The first-order chi connectivity index (χ1) is 11.7. The second kappa shape index (κ2) is 5.77. The van der Waals surface area contributed by atoms with Crippen LogP contribution >= 0.6 is 0 Å². The van der Waals surface area contributed by atoms with Gasteiger partial charge < -0.3 is 9.64 Å². The summed E-state index contributed by atoms with van der Waals surface area (Å²) >= 11 is 0. The Bertz CT molecular complexity index is 829. The molecule has 3 rings (SSSR count). The van der Waals surface area contributed by atoms with Crippen LogP contribution < -0.4 is 10.1 Å². The van der Waals surface area contributed by atoms with Crippen LogP contribution in [0.4, 0.5) is 13.2 Å².